The minimum atomic E-state index is -0.0545. The predicted molar refractivity (Wildman–Crippen MR) is 89.7 cm³/mol. The lowest BCUT2D eigenvalue weighted by Crippen LogP contribution is -2.51. The lowest BCUT2D eigenvalue weighted by atomic mass is 9.84. The number of piperazine rings is 1. The summed E-state index contributed by atoms with van der Waals surface area (Å²) in [4.78, 5) is 21.0. The molecule has 6 nitrogen and oxygen atoms in total. The van der Waals surface area contributed by atoms with Gasteiger partial charge in [-0.25, -0.2) is 0 Å². The molecule has 0 atom stereocenters. The van der Waals surface area contributed by atoms with Gasteiger partial charge in [-0.15, -0.1) is 0 Å². The second-order valence-corrected chi connectivity index (χ2v) is 7.44. The second kappa shape index (κ2) is 7.31. The quantitative estimate of drug-likeness (QED) is 0.590. The Labute approximate surface area is 134 Å². The fraction of sp³-hybridized carbons (Fsp3) is 0.875. The molecular formula is C16H31N5O. The van der Waals surface area contributed by atoms with E-state index < -0.39 is 0 Å². The molecule has 2 rings (SSSR count). The van der Waals surface area contributed by atoms with Crippen LogP contribution < -0.4 is 11.1 Å². The number of nitrogens with one attached hydrogen (secondary N) is 1. The Morgan fingerprint density at radius 1 is 1.23 bits per heavy atom. The fourth-order valence-electron chi connectivity index (χ4n) is 2.84. The van der Waals surface area contributed by atoms with Crippen LogP contribution in [0.25, 0.3) is 0 Å². The molecule has 0 aromatic heterocycles. The minimum Gasteiger partial charge on any atom is -0.370 e. The van der Waals surface area contributed by atoms with Gasteiger partial charge in [-0.1, -0.05) is 6.42 Å². The number of guanidine groups is 1. The molecule has 0 bridgehead atoms. The summed E-state index contributed by atoms with van der Waals surface area (Å²) in [5.41, 5.74) is 5.81. The number of aliphatic imine (C=N–C) groups is 1. The molecule has 0 unspecified atom stereocenters. The van der Waals surface area contributed by atoms with Crippen molar-refractivity contribution in [2.45, 2.75) is 45.6 Å². The smallest absolute Gasteiger partial charge is 0.225 e. The normalized spacial score (nSPS) is 21.6. The Hall–Kier alpha value is -1.30. The number of rotatable bonds is 4. The summed E-state index contributed by atoms with van der Waals surface area (Å²) < 4.78 is 0. The van der Waals surface area contributed by atoms with Crippen molar-refractivity contribution in [3.63, 3.8) is 0 Å². The van der Waals surface area contributed by atoms with Crippen molar-refractivity contribution in [2.75, 3.05) is 39.3 Å². The van der Waals surface area contributed by atoms with E-state index in [4.69, 9.17) is 5.73 Å². The summed E-state index contributed by atoms with van der Waals surface area (Å²) in [5.74, 6) is 1.20. The zero-order chi connectivity index (χ0) is 16.2. The summed E-state index contributed by atoms with van der Waals surface area (Å²) in [6.45, 7) is 11.4. The highest BCUT2D eigenvalue weighted by atomic mass is 16.2. The van der Waals surface area contributed by atoms with Crippen LogP contribution in [0.4, 0.5) is 0 Å². The van der Waals surface area contributed by atoms with Gasteiger partial charge in [0.25, 0.3) is 0 Å². The van der Waals surface area contributed by atoms with Gasteiger partial charge in [0.05, 0.1) is 6.54 Å². The summed E-state index contributed by atoms with van der Waals surface area (Å²) in [7, 11) is 0. The standard InChI is InChI=1S/C16H31N5O/c1-16(2,3)19-15(17)18-7-8-20-9-11-21(12-10-20)14(22)13-5-4-6-13/h13H,4-12H2,1-3H3,(H3,17,18,19). The molecule has 126 valence electrons. The van der Waals surface area contributed by atoms with Crippen molar-refractivity contribution < 1.29 is 4.79 Å². The molecule has 6 heteroatoms. The van der Waals surface area contributed by atoms with Crippen LogP contribution in [-0.4, -0.2) is 66.5 Å². The lowest BCUT2D eigenvalue weighted by molar-refractivity contribution is -0.139. The zero-order valence-corrected chi connectivity index (χ0v) is 14.3. The van der Waals surface area contributed by atoms with E-state index in [1.807, 2.05) is 4.90 Å². The average Bonchev–Trinajstić information content (AvgIpc) is 2.35. The molecule has 22 heavy (non-hydrogen) atoms. The molecule has 1 aliphatic heterocycles. The van der Waals surface area contributed by atoms with Gasteiger partial charge in [0.2, 0.25) is 5.91 Å². The fourth-order valence-corrected chi connectivity index (χ4v) is 2.84. The molecule has 2 fully saturated rings. The van der Waals surface area contributed by atoms with E-state index in [2.05, 4.69) is 36.0 Å². The zero-order valence-electron chi connectivity index (χ0n) is 14.3. The van der Waals surface area contributed by atoms with Crippen LogP contribution in [-0.2, 0) is 4.79 Å². The number of carbonyl (C=O) groups excluding carboxylic acids is 1. The molecular weight excluding hydrogens is 278 g/mol. The molecule has 0 aromatic carbocycles. The minimum absolute atomic E-state index is 0.0545. The Morgan fingerprint density at radius 2 is 1.86 bits per heavy atom. The van der Waals surface area contributed by atoms with Gasteiger partial charge < -0.3 is 16.0 Å². The van der Waals surface area contributed by atoms with Crippen molar-refractivity contribution in [1.29, 1.82) is 0 Å². The SMILES string of the molecule is CC(C)(C)NC(N)=NCCN1CCN(C(=O)C2CCC2)CC1. The third-order valence-electron chi connectivity index (χ3n) is 4.34. The van der Waals surface area contributed by atoms with E-state index in [-0.39, 0.29) is 5.54 Å². The van der Waals surface area contributed by atoms with Crippen molar-refractivity contribution >= 4 is 11.9 Å². The topological polar surface area (TPSA) is 74.0 Å². The van der Waals surface area contributed by atoms with Crippen LogP contribution in [0.15, 0.2) is 4.99 Å². The van der Waals surface area contributed by atoms with E-state index >= 15 is 0 Å². The highest BCUT2D eigenvalue weighted by Crippen LogP contribution is 2.28. The first-order valence-corrected chi connectivity index (χ1v) is 8.44. The van der Waals surface area contributed by atoms with Crippen LogP contribution in [0.1, 0.15) is 40.0 Å². The Balaban J connectivity index is 1.65. The first-order valence-electron chi connectivity index (χ1n) is 8.44. The van der Waals surface area contributed by atoms with Gasteiger partial charge in [-0.2, -0.15) is 0 Å². The molecule has 1 aliphatic carbocycles. The van der Waals surface area contributed by atoms with Gasteiger partial charge in [-0.3, -0.25) is 14.7 Å². The predicted octanol–water partition coefficient (Wildman–Crippen LogP) is 0.634. The Kier molecular flexibility index (Phi) is 5.67. The molecule has 3 N–H and O–H groups in total. The van der Waals surface area contributed by atoms with Crippen LogP contribution in [0.5, 0.6) is 0 Å². The Bertz CT molecular complexity index is 403. The number of nitrogens with zero attached hydrogens (tertiary/aromatic N) is 3. The molecule has 1 saturated heterocycles. The van der Waals surface area contributed by atoms with Crippen molar-refractivity contribution in [3.8, 4) is 0 Å². The maximum atomic E-state index is 12.2. The number of amides is 1. The monoisotopic (exact) mass is 309 g/mol. The van der Waals surface area contributed by atoms with E-state index in [1.54, 1.807) is 0 Å². The van der Waals surface area contributed by atoms with E-state index in [9.17, 15) is 4.79 Å². The van der Waals surface area contributed by atoms with E-state index in [1.165, 1.54) is 6.42 Å². The molecule has 1 saturated carbocycles. The van der Waals surface area contributed by atoms with Gasteiger partial charge in [-0.05, 0) is 33.6 Å². The van der Waals surface area contributed by atoms with Crippen molar-refractivity contribution in [3.05, 3.63) is 0 Å². The third kappa shape index (κ3) is 5.16. The number of hydrogen-bond acceptors (Lipinski definition) is 3. The lowest BCUT2D eigenvalue weighted by Gasteiger charge is -2.38. The summed E-state index contributed by atoms with van der Waals surface area (Å²) in [5, 5.41) is 3.16. The molecule has 1 heterocycles. The molecule has 0 radical (unpaired) electrons. The number of hydrogen-bond donors (Lipinski definition) is 2. The molecule has 0 spiro atoms. The summed E-state index contributed by atoms with van der Waals surface area (Å²) in [6.07, 6.45) is 3.40. The van der Waals surface area contributed by atoms with Gasteiger partial charge in [0.1, 0.15) is 0 Å². The highest BCUT2D eigenvalue weighted by Gasteiger charge is 2.30. The first-order chi connectivity index (χ1) is 10.3. The van der Waals surface area contributed by atoms with Crippen molar-refractivity contribution in [1.82, 2.24) is 15.1 Å². The van der Waals surface area contributed by atoms with Gasteiger partial charge in [0, 0.05) is 44.2 Å². The van der Waals surface area contributed by atoms with Crippen LogP contribution in [0.2, 0.25) is 0 Å². The largest absolute Gasteiger partial charge is 0.370 e. The van der Waals surface area contributed by atoms with Crippen LogP contribution in [0, 0.1) is 5.92 Å². The number of carbonyl (C=O) groups is 1. The third-order valence-corrected chi connectivity index (χ3v) is 4.34. The molecule has 1 amide bonds. The Morgan fingerprint density at radius 3 is 2.36 bits per heavy atom. The van der Waals surface area contributed by atoms with Crippen LogP contribution >= 0.6 is 0 Å². The van der Waals surface area contributed by atoms with E-state index in [0.29, 0.717) is 24.3 Å². The first kappa shape index (κ1) is 17.1. The maximum absolute atomic E-state index is 12.2. The average molecular weight is 309 g/mol. The number of nitrogens with two attached hydrogens (primary N) is 1. The molecule has 2 aliphatic rings. The van der Waals surface area contributed by atoms with Crippen LogP contribution in [0.3, 0.4) is 0 Å². The van der Waals surface area contributed by atoms with Gasteiger partial charge in [0.15, 0.2) is 5.96 Å². The summed E-state index contributed by atoms with van der Waals surface area (Å²) >= 11 is 0. The van der Waals surface area contributed by atoms with E-state index in [0.717, 1.165) is 45.6 Å². The second-order valence-electron chi connectivity index (χ2n) is 7.44. The highest BCUT2D eigenvalue weighted by molar-refractivity contribution is 5.79. The molecule has 0 aromatic rings. The van der Waals surface area contributed by atoms with Gasteiger partial charge >= 0.3 is 0 Å². The van der Waals surface area contributed by atoms with Crippen molar-refractivity contribution in [2.24, 2.45) is 16.6 Å². The maximum Gasteiger partial charge on any atom is 0.225 e. The summed E-state index contributed by atoms with van der Waals surface area (Å²) in [6, 6.07) is 0.